The van der Waals surface area contributed by atoms with Crippen LogP contribution in [0.3, 0.4) is 0 Å². The quantitative estimate of drug-likeness (QED) is 0.616. The summed E-state index contributed by atoms with van der Waals surface area (Å²) in [5.74, 6) is -1.96. The maximum absolute atomic E-state index is 13.9. The van der Waals surface area contributed by atoms with Crippen molar-refractivity contribution in [1.29, 1.82) is 0 Å². The summed E-state index contributed by atoms with van der Waals surface area (Å²) in [7, 11) is 0. The number of ether oxygens (including phenoxy) is 1. The first-order chi connectivity index (χ1) is 8.67. The molecule has 0 aliphatic heterocycles. The Bertz CT molecular complexity index is 578. The number of rotatable bonds is 4. The first-order valence-electron chi connectivity index (χ1n) is 5.33. The van der Waals surface area contributed by atoms with Crippen LogP contribution in [0.4, 0.5) is 8.78 Å². The number of carbonyl (C=O) groups excluding carboxylic acids is 1. The number of benzene rings is 1. The van der Waals surface area contributed by atoms with E-state index in [2.05, 4.69) is 0 Å². The number of halogens is 2. The topological polar surface area (TPSA) is 26.3 Å². The molecule has 0 aliphatic carbocycles. The Hall–Kier alpha value is -1.18. The van der Waals surface area contributed by atoms with Crippen molar-refractivity contribution in [2.45, 2.75) is 6.92 Å². The molecule has 1 aromatic carbocycles. The van der Waals surface area contributed by atoms with Crippen molar-refractivity contribution in [3.63, 3.8) is 0 Å². The first kappa shape index (κ1) is 13.3. The van der Waals surface area contributed by atoms with Crippen LogP contribution >= 0.6 is 0 Å². The summed E-state index contributed by atoms with van der Waals surface area (Å²) in [6.45, 7) is 1.99. The van der Waals surface area contributed by atoms with Gasteiger partial charge in [-0.1, -0.05) is 0 Å². The van der Waals surface area contributed by atoms with E-state index in [1.165, 1.54) is 12.1 Å². The molecule has 0 N–H and O–H groups in total. The summed E-state index contributed by atoms with van der Waals surface area (Å²) in [5, 5.41) is 0. The van der Waals surface area contributed by atoms with E-state index in [1.54, 1.807) is 19.1 Å². The van der Waals surface area contributed by atoms with Crippen molar-refractivity contribution in [2.24, 2.45) is 0 Å². The van der Waals surface area contributed by atoms with E-state index in [9.17, 15) is 13.6 Å². The molecule has 1 aromatic heterocycles. The maximum atomic E-state index is 13.9. The molecule has 0 amide bonds. The second kappa shape index (κ2) is 5.64. The molecule has 2 rings (SSSR count). The van der Waals surface area contributed by atoms with Gasteiger partial charge in [0.25, 0.3) is 0 Å². The number of aldehydes is 1. The minimum atomic E-state index is -0.970. The fourth-order valence-corrected chi connectivity index (χ4v) is 3.95. The summed E-state index contributed by atoms with van der Waals surface area (Å²) in [6.07, 6.45) is 0.772. The number of hydrogen-bond donors (Lipinski definition) is 0. The summed E-state index contributed by atoms with van der Waals surface area (Å²) in [6, 6.07) is 6.27. The molecule has 0 unspecified atom stereocenters. The van der Waals surface area contributed by atoms with Crippen LogP contribution in [-0.4, -0.2) is 33.3 Å². The van der Waals surface area contributed by atoms with Crippen molar-refractivity contribution in [3.8, 4) is 14.9 Å². The molecule has 94 valence electrons. The van der Waals surface area contributed by atoms with E-state index in [4.69, 9.17) is 4.74 Å². The fraction of sp³-hybridized carbons (Fsp3) is 0.154. The van der Waals surface area contributed by atoms with Crippen molar-refractivity contribution < 1.29 is 18.3 Å². The Morgan fingerprint density at radius 1 is 1.22 bits per heavy atom. The van der Waals surface area contributed by atoms with Gasteiger partial charge in [0.05, 0.1) is 0 Å². The molecular weight excluding hydrogens is 354 g/mol. The van der Waals surface area contributed by atoms with Gasteiger partial charge in [-0.05, 0) is 0 Å². The molecule has 0 atom stereocenters. The van der Waals surface area contributed by atoms with E-state index < -0.39 is 32.1 Å². The standard InChI is InChI=1S/C13H10F2O2Te/c1-2-17-10-5-4-9(12(14)13(10)15)11-6-3-8(7-16)18-11/h3-7H,2H2,1H3. The zero-order chi connectivity index (χ0) is 13.1. The van der Waals surface area contributed by atoms with Crippen molar-refractivity contribution in [2.75, 3.05) is 6.61 Å². The molecule has 18 heavy (non-hydrogen) atoms. The normalized spacial score (nSPS) is 10.4. The number of hydrogen-bond acceptors (Lipinski definition) is 2. The van der Waals surface area contributed by atoms with Crippen LogP contribution in [0.1, 0.15) is 15.3 Å². The molecule has 2 aromatic rings. The summed E-state index contributed by atoms with van der Waals surface area (Å²) in [5.41, 5.74) is 0.228. The molecule has 0 aliphatic rings. The van der Waals surface area contributed by atoms with E-state index in [0.717, 1.165) is 9.87 Å². The number of carbonyl (C=O) groups is 1. The van der Waals surface area contributed by atoms with Crippen LogP contribution in [0, 0.1) is 11.6 Å². The molecule has 0 fully saturated rings. The van der Waals surface area contributed by atoms with Crippen molar-refractivity contribution in [3.05, 3.63) is 39.5 Å². The van der Waals surface area contributed by atoms with Crippen LogP contribution in [0.15, 0.2) is 24.3 Å². The van der Waals surface area contributed by atoms with E-state index in [-0.39, 0.29) is 17.9 Å². The van der Waals surface area contributed by atoms with Crippen LogP contribution in [0.2, 0.25) is 0 Å². The van der Waals surface area contributed by atoms with Gasteiger partial charge in [0.15, 0.2) is 0 Å². The van der Waals surface area contributed by atoms with Crippen LogP contribution in [0.5, 0.6) is 5.75 Å². The van der Waals surface area contributed by atoms with Gasteiger partial charge in [0.1, 0.15) is 0 Å². The Balaban J connectivity index is 2.46. The summed E-state index contributed by atoms with van der Waals surface area (Å²) >= 11 is -0.898. The van der Waals surface area contributed by atoms with Crippen LogP contribution in [0.25, 0.3) is 9.14 Å². The molecule has 0 bridgehead atoms. The molecule has 1 heterocycles. The van der Waals surface area contributed by atoms with Gasteiger partial charge in [-0.15, -0.1) is 0 Å². The van der Waals surface area contributed by atoms with Gasteiger partial charge in [-0.25, -0.2) is 0 Å². The first-order valence-corrected chi connectivity index (χ1v) is 7.66. The Morgan fingerprint density at radius 2 is 2.00 bits per heavy atom. The third-order valence-electron chi connectivity index (χ3n) is 2.36. The molecule has 0 spiro atoms. The predicted molar refractivity (Wildman–Crippen MR) is 65.3 cm³/mol. The minimum absolute atomic E-state index is 0.0819. The van der Waals surface area contributed by atoms with Gasteiger partial charge in [-0.2, -0.15) is 0 Å². The van der Waals surface area contributed by atoms with E-state index >= 15 is 0 Å². The predicted octanol–water partition coefficient (Wildman–Crippen LogP) is 2.90. The third-order valence-corrected chi connectivity index (χ3v) is 5.33. The monoisotopic (exact) mass is 366 g/mol. The Labute approximate surface area is 113 Å². The molecule has 0 saturated carbocycles. The average molecular weight is 364 g/mol. The van der Waals surface area contributed by atoms with Crippen LogP contribution < -0.4 is 4.74 Å². The molecule has 5 heteroatoms. The van der Waals surface area contributed by atoms with Gasteiger partial charge < -0.3 is 0 Å². The molecule has 2 nitrogen and oxygen atoms in total. The molecular formula is C13H10F2O2Te. The third kappa shape index (κ3) is 2.47. The zero-order valence-electron chi connectivity index (χ0n) is 9.57. The van der Waals surface area contributed by atoms with Gasteiger partial charge in [0.2, 0.25) is 0 Å². The van der Waals surface area contributed by atoms with Gasteiger partial charge >= 0.3 is 113 Å². The van der Waals surface area contributed by atoms with Gasteiger partial charge in [-0.3, -0.25) is 0 Å². The second-order valence-electron chi connectivity index (χ2n) is 3.49. The van der Waals surface area contributed by atoms with E-state index in [1.807, 2.05) is 0 Å². The molecule has 0 radical (unpaired) electrons. The van der Waals surface area contributed by atoms with Crippen molar-refractivity contribution in [1.82, 2.24) is 0 Å². The zero-order valence-corrected chi connectivity index (χ0v) is 11.9. The summed E-state index contributed by atoms with van der Waals surface area (Å²) < 4.78 is 34.0. The Kier molecular flexibility index (Phi) is 4.15. The molecule has 0 saturated heterocycles. The second-order valence-corrected chi connectivity index (χ2v) is 6.68. The SMILES string of the molecule is CCOc1ccc(-c2ccc(C=O)[te]2)c(F)c1F. The van der Waals surface area contributed by atoms with Gasteiger partial charge in [0, 0.05) is 0 Å². The fourth-order valence-electron chi connectivity index (χ4n) is 1.55. The average Bonchev–Trinajstić information content (AvgIpc) is 2.84. The van der Waals surface area contributed by atoms with Crippen molar-refractivity contribution >= 4 is 26.7 Å². The van der Waals surface area contributed by atoms with Crippen LogP contribution in [-0.2, 0) is 0 Å². The Morgan fingerprint density at radius 3 is 2.61 bits per heavy atom. The van der Waals surface area contributed by atoms with E-state index in [0.29, 0.717) is 3.58 Å². The summed E-state index contributed by atoms with van der Waals surface area (Å²) in [4.78, 5) is 10.6.